The van der Waals surface area contributed by atoms with E-state index in [1.807, 2.05) is 0 Å². The second-order valence-corrected chi connectivity index (χ2v) is 12.5. The summed E-state index contributed by atoms with van der Waals surface area (Å²) in [6, 6.07) is 22.1. The summed E-state index contributed by atoms with van der Waals surface area (Å²) in [6.07, 6.45) is -1.16. The van der Waals surface area contributed by atoms with Crippen molar-refractivity contribution in [3.05, 3.63) is 102 Å². The highest BCUT2D eigenvalue weighted by Gasteiger charge is 2.28. The van der Waals surface area contributed by atoms with Crippen LogP contribution < -0.4 is 5.73 Å². The van der Waals surface area contributed by atoms with Crippen molar-refractivity contribution in [2.45, 2.75) is 22.6 Å². The van der Waals surface area contributed by atoms with Gasteiger partial charge in [-0.05, 0) is 51.9 Å². The summed E-state index contributed by atoms with van der Waals surface area (Å²) in [5.41, 5.74) is 5.55. The molecule has 0 fully saturated rings. The zero-order chi connectivity index (χ0) is 30.9. The molecule has 0 saturated heterocycles. The number of fused-ring (bicyclic) bond motifs is 2. The lowest BCUT2D eigenvalue weighted by molar-refractivity contribution is -0.134. The molecule has 0 aliphatic rings. The van der Waals surface area contributed by atoms with E-state index in [1.54, 1.807) is 60.7 Å². The normalized spacial score (nSPS) is 11.8. The van der Waals surface area contributed by atoms with Crippen LogP contribution in [0.2, 0.25) is 0 Å². The van der Waals surface area contributed by atoms with Gasteiger partial charge in [0.15, 0.2) is 0 Å². The second kappa shape index (κ2) is 11.3. The maximum absolute atomic E-state index is 12.8. The van der Waals surface area contributed by atoms with Crippen LogP contribution in [0.15, 0.2) is 101 Å². The topological polar surface area (TPSA) is 187 Å². The van der Waals surface area contributed by atoms with Crippen LogP contribution in [0.1, 0.15) is 11.1 Å². The zero-order valence-electron chi connectivity index (χ0n) is 22.1. The lowest BCUT2D eigenvalue weighted by Gasteiger charge is -2.12. The number of hydrogen-bond acceptors (Lipinski definition) is 11. The number of carbonyl (C=O) groups is 2. The van der Waals surface area contributed by atoms with E-state index >= 15 is 0 Å². The van der Waals surface area contributed by atoms with Crippen LogP contribution in [-0.4, -0.2) is 39.0 Å². The van der Waals surface area contributed by atoms with Gasteiger partial charge < -0.3 is 24.3 Å². The molecular weight excluding hydrogens is 598 g/mol. The first-order valence-electron chi connectivity index (χ1n) is 12.6. The summed E-state index contributed by atoms with van der Waals surface area (Å²) in [5, 5.41) is 23.0. The SMILES string of the molecule is Nc1cc(S(=O)(=O)OC(=O)Cc2c(O)ccc3ccccc23)ccc1S(=O)(=O)OC(=O)Cc1c(O)ccc2ccccc12. The first-order chi connectivity index (χ1) is 20.4. The molecular formula is C30H23NO10S2. The molecule has 13 heteroatoms. The van der Waals surface area contributed by atoms with Crippen LogP contribution >= 0.6 is 0 Å². The van der Waals surface area contributed by atoms with Crippen LogP contribution in [-0.2, 0) is 51.0 Å². The number of nitrogens with two attached hydrogens (primary N) is 1. The van der Waals surface area contributed by atoms with Gasteiger partial charge in [-0.1, -0.05) is 60.7 Å². The minimum Gasteiger partial charge on any atom is -0.508 e. The number of benzene rings is 5. The molecule has 0 heterocycles. The lowest BCUT2D eigenvalue weighted by Crippen LogP contribution is -2.18. The maximum Gasteiger partial charge on any atom is 0.343 e. The van der Waals surface area contributed by atoms with E-state index in [0.717, 1.165) is 18.2 Å². The summed E-state index contributed by atoms with van der Waals surface area (Å²) in [5.74, 6) is -2.87. The van der Waals surface area contributed by atoms with E-state index in [2.05, 4.69) is 0 Å². The Balaban J connectivity index is 1.32. The van der Waals surface area contributed by atoms with Crippen molar-refractivity contribution in [3.63, 3.8) is 0 Å². The van der Waals surface area contributed by atoms with Crippen molar-refractivity contribution in [3.8, 4) is 11.5 Å². The van der Waals surface area contributed by atoms with Gasteiger partial charge in [0, 0.05) is 11.1 Å². The van der Waals surface area contributed by atoms with Crippen LogP contribution in [0, 0.1) is 0 Å². The van der Waals surface area contributed by atoms with Gasteiger partial charge in [0.2, 0.25) is 0 Å². The molecule has 5 rings (SSSR count). The summed E-state index contributed by atoms with van der Waals surface area (Å²) in [7, 11) is -9.58. The van der Waals surface area contributed by atoms with E-state index in [-0.39, 0.29) is 22.6 Å². The quantitative estimate of drug-likeness (QED) is 0.168. The second-order valence-electron chi connectivity index (χ2n) is 9.44. The molecule has 11 nitrogen and oxygen atoms in total. The Labute approximate surface area is 246 Å². The van der Waals surface area contributed by atoms with Gasteiger partial charge in [-0.25, -0.2) is 0 Å². The highest BCUT2D eigenvalue weighted by atomic mass is 32.2. The van der Waals surface area contributed by atoms with Gasteiger partial charge in [0.1, 0.15) is 21.3 Å². The first kappa shape index (κ1) is 29.4. The molecule has 0 aliphatic heterocycles. The van der Waals surface area contributed by atoms with E-state index in [0.29, 0.717) is 21.5 Å². The number of rotatable bonds is 8. The molecule has 5 aromatic carbocycles. The molecule has 0 unspecified atom stereocenters. The number of aromatic hydroxyl groups is 2. The van der Waals surface area contributed by atoms with E-state index < -0.39 is 60.5 Å². The maximum atomic E-state index is 12.8. The summed E-state index contributed by atoms with van der Waals surface area (Å²) in [4.78, 5) is 23.8. The molecule has 5 aromatic rings. The molecule has 43 heavy (non-hydrogen) atoms. The molecule has 0 radical (unpaired) electrons. The molecule has 0 aliphatic carbocycles. The summed E-state index contributed by atoms with van der Waals surface area (Å²) >= 11 is 0. The number of carbonyl (C=O) groups excluding carboxylic acids is 2. The molecule has 0 saturated carbocycles. The van der Waals surface area contributed by atoms with Crippen molar-refractivity contribution >= 4 is 59.4 Å². The number of phenols is 2. The first-order valence-corrected chi connectivity index (χ1v) is 15.4. The minimum absolute atomic E-state index is 0.159. The number of nitrogen functional groups attached to an aromatic ring is 1. The summed E-state index contributed by atoms with van der Waals surface area (Å²) < 4.78 is 60.7. The third kappa shape index (κ3) is 6.08. The van der Waals surface area contributed by atoms with Crippen molar-refractivity contribution in [2.75, 3.05) is 5.73 Å². The molecule has 0 aromatic heterocycles. The molecule has 0 spiro atoms. The third-order valence-electron chi connectivity index (χ3n) is 6.62. The smallest absolute Gasteiger partial charge is 0.343 e. The molecule has 0 atom stereocenters. The fraction of sp³-hybridized carbons (Fsp3) is 0.0667. The van der Waals surface area contributed by atoms with E-state index in [9.17, 15) is 36.6 Å². The highest BCUT2D eigenvalue weighted by Crippen LogP contribution is 2.31. The number of hydrogen-bond donors (Lipinski definition) is 3. The number of anilines is 1. The fourth-order valence-electron chi connectivity index (χ4n) is 4.62. The monoisotopic (exact) mass is 621 g/mol. The molecule has 4 N–H and O–H groups in total. The lowest BCUT2D eigenvalue weighted by atomic mass is 10.0. The predicted molar refractivity (Wildman–Crippen MR) is 156 cm³/mol. The molecule has 0 amide bonds. The van der Waals surface area contributed by atoms with Gasteiger partial charge in [0.05, 0.1) is 18.5 Å². The Bertz CT molecular complexity index is 2140. The Hall–Kier alpha value is -5.14. The van der Waals surface area contributed by atoms with Gasteiger partial charge in [-0.2, -0.15) is 16.8 Å². The number of phenolic OH excluding ortho intramolecular Hbond substituents is 2. The largest absolute Gasteiger partial charge is 0.508 e. The van der Waals surface area contributed by atoms with Gasteiger partial charge in [-0.15, -0.1) is 0 Å². The van der Waals surface area contributed by atoms with Crippen LogP contribution in [0.5, 0.6) is 11.5 Å². The average molecular weight is 622 g/mol. The minimum atomic E-state index is -4.81. The Kier molecular flexibility index (Phi) is 7.69. The highest BCUT2D eigenvalue weighted by molar-refractivity contribution is 7.87. The Morgan fingerprint density at radius 3 is 1.58 bits per heavy atom. The van der Waals surface area contributed by atoms with Crippen molar-refractivity contribution in [1.29, 1.82) is 0 Å². The van der Waals surface area contributed by atoms with Crippen molar-refractivity contribution < 1.29 is 45.0 Å². The predicted octanol–water partition coefficient (Wildman–Crippen LogP) is 3.94. The fourth-order valence-corrected chi connectivity index (χ4v) is 6.50. The van der Waals surface area contributed by atoms with Gasteiger partial charge in [0.25, 0.3) is 0 Å². The molecule has 220 valence electrons. The Morgan fingerprint density at radius 1 is 0.628 bits per heavy atom. The van der Waals surface area contributed by atoms with Crippen molar-refractivity contribution in [1.82, 2.24) is 0 Å². The van der Waals surface area contributed by atoms with Gasteiger partial charge >= 0.3 is 32.2 Å². The average Bonchev–Trinajstić information content (AvgIpc) is 2.95. The van der Waals surface area contributed by atoms with Crippen LogP contribution in [0.25, 0.3) is 21.5 Å². The molecule has 0 bridgehead atoms. The zero-order valence-corrected chi connectivity index (χ0v) is 23.8. The van der Waals surface area contributed by atoms with Crippen LogP contribution in [0.3, 0.4) is 0 Å². The van der Waals surface area contributed by atoms with E-state index in [1.165, 1.54) is 12.1 Å². The van der Waals surface area contributed by atoms with Crippen molar-refractivity contribution in [2.24, 2.45) is 0 Å². The standard InChI is InChI=1S/C30H23NO10S2/c31-25-15-20(42(36,37)40-29(34)16-23-21-7-3-1-5-18(21)9-12-26(23)32)11-14-28(25)43(38,39)41-30(35)17-24-22-8-4-2-6-19(22)10-13-27(24)33/h1-15,32-33H,16-17,31H2. The summed E-state index contributed by atoms with van der Waals surface area (Å²) in [6.45, 7) is 0. The van der Waals surface area contributed by atoms with Gasteiger partial charge in [-0.3, -0.25) is 9.59 Å². The van der Waals surface area contributed by atoms with Crippen LogP contribution in [0.4, 0.5) is 5.69 Å². The van der Waals surface area contributed by atoms with E-state index in [4.69, 9.17) is 14.1 Å². The third-order valence-corrected chi connectivity index (χ3v) is 9.17. The Morgan fingerprint density at radius 2 is 1.09 bits per heavy atom.